The molecule has 6 N–H and O–H groups in total. The van der Waals surface area contributed by atoms with Crippen LogP contribution < -0.4 is 9.61 Å². The lowest BCUT2D eigenvalue weighted by Gasteiger charge is -2.52. The van der Waals surface area contributed by atoms with E-state index < -0.39 is 133 Å². The zero-order valence-electron chi connectivity index (χ0n) is 80.0. The van der Waals surface area contributed by atoms with Gasteiger partial charge in [-0.05, 0) is 203 Å². The topological polar surface area (TPSA) is 366 Å². The SMILES string of the molecule is C.CCC#C[C@@]1(O)[C@H](O)[C@@H](CO)O[C@H]1N1C=CC(=O)CC1=O.CCC#C[C@@]1(O)[C@H](O)[C@@H](COP(=S)(N[C@@H](C)C(=O)OC(C)C)Oc2ccccc2)O[C@H]1N1C=CC(=O)CC1=O.CCC#C[C@]1(OC(=O)c2ccccc2)[C@@H](OC(=O)c2ccccc2)O[C@H](CC)[C@H]1C.CC[C@H]1O[C@H](OC(=O)c2ccccc2)C(=O)[C@@H]1C.[PH-]P(P)P(P(P(P)P)P(P)P)P(P(P)P)P(P)P.[PH-]P([PH-])P(P(P(P)P)P(P)P)P(P(P)P)P(P)P. The third-order valence-electron chi connectivity index (χ3n) is 20.2. The summed E-state index contributed by atoms with van der Waals surface area (Å²) in [5.74, 6) is 12.2. The summed E-state index contributed by atoms with van der Waals surface area (Å²) in [6, 6.07) is 33.6. The quantitative estimate of drug-likeness (QED) is 0.00831. The molecule has 4 aromatic carbocycles. The number of nitrogens with one attached hydrogen (secondary N) is 1. The van der Waals surface area contributed by atoms with Crippen LogP contribution in [0, 0.1) is 47.4 Å². The number of allylic oxidation sites excluding steroid dienone is 2. The van der Waals surface area contributed by atoms with Crippen LogP contribution in [-0.4, -0.2) is 192 Å². The fourth-order valence-corrected chi connectivity index (χ4v) is 425. The van der Waals surface area contributed by atoms with E-state index in [4.69, 9.17) is 58.7 Å². The molecule has 4 saturated heterocycles. The van der Waals surface area contributed by atoms with Crippen molar-refractivity contribution in [3.63, 3.8) is 0 Å². The van der Waals surface area contributed by atoms with Crippen LogP contribution in [0.2, 0.25) is 0 Å². The number of carbonyl (C=O) groups excluding carboxylic acids is 9. The van der Waals surface area contributed by atoms with E-state index >= 15 is 0 Å². The van der Waals surface area contributed by atoms with Crippen LogP contribution in [0.3, 0.4) is 0 Å². The van der Waals surface area contributed by atoms with Gasteiger partial charge in [0.25, 0.3) is 12.6 Å². The number of para-hydroxylation sites is 1. The summed E-state index contributed by atoms with van der Waals surface area (Å²) in [4.78, 5) is 111. The molecule has 0 aromatic heterocycles. The molecule has 27 nitrogen and oxygen atoms in total. The van der Waals surface area contributed by atoms with Crippen molar-refractivity contribution < 1.29 is 116 Å². The van der Waals surface area contributed by atoms with Crippen LogP contribution in [0.15, 0.2) is 146 Å². The van der Waals surface area contributed by atoms with E-state index in [1.807, 2.05) is 45.9 Å². The first-order chi connectivity index (χ1) is 67.7. The van der Waals surface area contributed by atoms with Gasteiger partial charge in [0.1, 0.15) is 36.2 Å². The molecule has 0 aliphatic carbocycles. The van der Waals surface area contributed by atoms with Gasteiger partial charge in [0.15, 0.2) is 35.2 Å². The third-order valence-corrected chi connectivity index (χ3v) is 236. The fourth-order valence-electron chi connectivity index (χ4n) is 13.4. The van der Waals surface area contributed by atoms with E-state index in [0.29, 0.717) is 48.1 Å². The molecule has 4 aromatic rings. The van der Waals surface area contributed by atoms with E-state index in [9.17, 15) is 68.7 Å². The summed E-state index contributed by atoms with van der Waals surface area (Å²) in [6.45, 7) is 14.2. The number of benzene rings is 4. The largest absolute Gasteiger partial charge is 0.553 e. The minimum atomic E-state index is -3.47. The van der Waals surface area contributed by atoms with Crippen molar-refractivity contribution in [2.45, 2.75) is 212 Å². The molecule has 145 heavy (non-hydrogen) atoms. The highest BCUT2D eigenvalue weighted by Gasteiger charge is 2.62. The highest BCUT2D eigenvalue weighted by atomic mass is 33.4. The van der Waals surface area contributed by atoms with E-state index in [0.717, 1.165) is 16.2 Å². The molecule has 0 saturated carbocycles. The van der Waals surface area contributed by atoms with Gasteiger partial charge in [0.2, 0.25) is 23.2 Å². The van der Waals surface area contributed by atoms with Crippen molar-refractivity contribution >= 4 is 362 Å². The highest BCUT2D eigenvalue weighted by molar-refractivity contribution is 9.35. The van der Waals surface area contributed by atoms with Gasteiger partial charge in [0.05, 0.1) is 61.1 Å². The van der Waals surface area contributed by atoms with Crippen LogP contribution in [-0.2, 0) is 83.0 Å². The Morgan fingerprint density at radius 3 is 1.25 bits per heavy atom. The van der Waals surface area contributed by atoms with E-state index in [1.54, 1.807) is 145 Å². The number of amides is 2. The highest BCUT2D eigenvalue weighted by Crippen LogP contribution is 3.29. The monoisotopic (exact) mass is 2700 g/mol. The van der Waals surface area contributed by atoms with Crippen molar-refractivity contribution in [1.82, 2.24) is 14.9 Å². The fraction of sp³-hybridized carbons (Fsp3) is 0.463. The summed E-state index contributed by atoms with van der Waals surface area (Å²) in [6.07, 6.45) is -4.24. The lowest BCUT2D eigenvalue weighted by Crippen LogP contribution is -2.55. The minimum absolute atomic E-state index is 0. The molecule has 35 atom stereocenters. The van der Waals surface area contributed by atoms with Gasteiger partial charge >= 0.3 is 30.5 Å². The van der Waals surface area contributed by atoms with Gasteiger partial charge in [-0.1, -0.05) is 153 Å². The van der Waals surface area contributed by atoms with Gasteiger partial charge in [-0.15, -0.1) is 164 Å². The van der Waals surface area contributed by atoms with Crippen LogP contribution in [0.5, 0.6) is 5.75 Å². The first-order valence-corrected chi connectivity index (χ1v) is 109. The Hall–Kier alpha value is 6.36. The second-order valence-corrected chi connectivity index (χ2v) is 172. The normalized spacial score (nSPS) is 24.6. The van der Waals surface area contributed by atoms with Gasteiger partial charge in [-0.25, -0.2) is 26.5 Å². The summed E-state index contributed by atoms with van der Waals surface area (Å²) in [5, 5.41) is 55.3. The summed E-state index contributed by atoms with van der Waals surface area (Å²) >= 11 is 5.69. The number of hydrogen-bond donors (Lipinski definition) is 6. The lowest BCUT2D eigenvalue weighted by atomic mass is 9.86. The molecule has 2 amide bonds. The minimum Gasteiger partial charge on any atom is -0.553 e. The Bertz CT molecular complexity index is 5010. The van der Waals surface area contributed by atoms with Gasteiger partial charge in [0, 0.05) is 43.5 Å². The number of aliphatic hydroxyl groups excluding tert-OH is 3. The summed E-state index contributed by atoms with van der Waals surface area (Å²) < 4.78 is 56.7. The van der Waals surface area contributed by atoms with Crippen LogP contribution in [0.25, 0.3) is 0 Å². The van der Waals surface area contributed by atoms with E-state index in [2.05, 4.69) is 219 Å². The number of carbonyl (C=O) groups is 9. The number of hydrogen-bond acceptors (Lipinski definition) is 25. The third kappa shape index (κ3) is 44.0. The Balaban J connectivity index is 0.000000373. The summed E-state index contributed by atoms with van der Waals surface area (Å²) in [5.41, 5.74) is -4.40. The van der Waals surface area contributed by atoms with Crippen LogP contribution >= 0.6 is 297 Å². The number of aliphatic hydroxyl groups is 5. The second-order valence-electron chi connectivity index (χ2n) is 31.0. The van der Waals surface area contributed by atoms with Crippen molar-refractivity contribution in [2.75, 3.05) is 13.2 Å². The maximum absolute atomic E-state index is 12.9. The van der Waals surface area contributed by atoms with Crippen LogP contribution in [0.1, 0.15) is 153 Å². The number of nitrogens with zero attached hydrogens (tertiary/aromatic N) is 2. The van der Waals surface area contributed by atoms with E-state index in [1.165, 1.54) is 24.6 Å². The standard InChI is InChI=1S/C26H33N2O9PS.C25H26O5.C14H17NO6.C14H16O4.CH4.H19P18.H18P18/c1-5-6-13-26(33)23(31)21(36-25(26)28-14-12-19(29)15-22(28)30)16-34-38(39,37-20-10-8-7-9-11-20)27-18(4)24(32)35-17(2)3;1-4-6-17-25(30-23(27)20-15-11-8-12-16-20)18(3)21(5-2)28-24(25)29-22(26)19-13-9-7-10-14-19;1-2-3-5-14(20)12(19)10(8-16)21-13(14)15-6-4-9(17)7-11(15)18;1-3-11-9(2)12(15)14(17-11)18-13(16)10-7-5-4-6-8-10;;2*1-11(2)16(12(3)4)18(15(9)10)17(13(5)6)14(7)8/h7-12,14,17-18,21,23,25,31,33H,5,15-16H2,1-4H3,(H,27,39);7-16,18,21,24H,4-5H2,1-3H3;4,6,10,12-13,16,19-20H,2,7-8H2,1H3;4-9,11,14H,3H2,1-2H3;1H4;9H,1-8,10H2;9-10H,1-8H2/q;;;;;-1;-2/t18-,21+,23+,25+,26+,38?;18-,21-,24-,25-;10-,12-,13-,14-;9-,11-,14-;;;/m0111.../s1. The molecule has 0 bridgehead atoms. The number of Topliss-reactive ketones (excluding diaryl/α,β-unsaturated/α-hetero) is 1. The molecule has 0 spiro atoms. The molecule has 806 valence electrons. The van der Waals surface area contributed by atoms with Crippen molar-refractivity contribution in [3.8, 4) is 41.3 Å². The number of esters is 4. The maximum atomic E-state index is 12.9. The first-order valence-electron chi connectivity index (χ1n) is 43.2. The van der Waals surface area contributed by atoms with Gasteiger partial charge in [-0.2, -0.15) is 0 Å². The average molecular weight is 2700 g/mol. The van der Waals surface area contributed by atoms with E-state index in [-0.39, 0.29) is 174 Å². The predicted octanol–water partition coefficient (Wildman–Crippen LogP) is 28.8. The van der Waals surface area contributed by atoms with Crippen molar-refractivity contribution in [3.05, 3.63) is 163 Å². The molecule has 6 aliphatic heterocycles. The molecule has 65 heteroatoms. The Labute approximate surface area is 925 Å². The zero-order valence-corrected chi connectivity index (χ0v) is 119. The lowest BCUT2D eigenvalue weighted by molar-refractivity contribution is -0.156. The summed E-state index contributed by atoms with van der Waals surface area (Å²) in [7, 11) is 64.6. The van der Waals surface area contributed by atoms with Gasteiger partial charge in [-0.3, -0.25) is 38.6 Å². The molecule has 6 heterocycles. The van der Waals surface area contributed by atoms with Crippen molar-refractivity contribution in [2.24, 2.45) is 11.8 Å². The van der Waals surface area contributed by atoms with Gasteiger partial charge < -0.3 is 106 Å². The number of ether oxygens (including phenoxy) is 8. The number of ketones is 3. The molecule has 19 unspecified atom stereocenters. The predicted molar refractivity (Wildman–Crippen MR) is 700 cm³/mol. The average Bonchev–Trinajstić information content (AvgIpc) is 1.61. The zero-order chi connectivity index (χ0) is 108. The Kier molecular flexibility index (Phi) is 71.6. The molecular weight excluding hydrogens is 2560 g/mol. The molecular formula is C80H133N3O24P37S-3. The first kappa shape index (κ1) is 144. The molecule has 0 radical (unpaired) electrons. The maximum Gasteiger partial charge on any atom is 0.340 e. The smallest absolute Gasteiger partial charge is 0.340 e. The van der Waals surface area contributed by atoms with Crippen LogP contribution in [0.4, 0.5) is 0 Å². The van der Waals surface area contributed by atoms with Crippen molar-refractivity contribution in [1.29, 1.82) is 0 Å². The number of rotatable bonds is 34. The Morgan fingerprint density at radius 1 is 0.517 bits per heavy atom. The molecule has 10 rings (SSSR count). The Morgan fingerprint density at radius 2 is 0.890 bits per heavy atom. The molecule has 6 aliphatic rings. The molecule has 4 fully saturated rings. The second kappa shape index (κ2) is 72.3.